The minimum absolute atomic E-state index is 0.0542. The Labute approximate surface area is 118 Å². The van der Waals surface area contributed by atoms with Crippen molar-refractivity contribution in [3.05, 3.63) is 17.5 Å². The van der Waals surface area contributed by atoms with Crippen LogP contribution in [-0.4, -0.2) is 51.1 Å². The van der Waals surface area contributed by atoms with Crippen molar-refractivity contribution in [2.45, 2.75) is 44.7 Å². The number of nitrogens with zero attached hydrogens (tertiary/aromatic N) is 3. The maximum absolute atomic E-state index is 11.0. The van der Waals surface area contributed by atoms with Gasteiger partial charge >= 0.3 is 5.97 Å². The highest BCUT2D eigenvalue weighted by molar-refractivity contribution is 5.85. The third kappa shape index (κ3) is 2.60. The lowest BCUT2D eigenvalue weighted by atomic mass is 9.99. The van der Waals surface area contributed by atoms with Crippen LogP contribution in [0.15, 0.2) is 6.07 Å². The fourth-order valence-corrected chi connectivity index (χ4v) is 3.32. The summed E-state index contributed by atoms with van der Waals surface area (Å²) in [5.41, 5.74) is 0.733. The van der Waals surface area contributed by atoms with Crippen molar-refractivity contribution in [2.75, 3.05) is 18.4 Å². The van der Waals surface area contributed by atoms with Crippen LogP contribution in [0.4, 0.5) is 5.95 Å². The van der Waals surface area contributed by atoms with E-state index in [1.54, 1.807) is 6.92 Å². The Morgan fingerprint density at radius 1 is 1.35 bits per heavy atom. The first-order chi connectivity index (χ1) is 9.63. The second kappa shape index (κ2) is 5.36. The van der Waals surface area contributed by atoms with Crippen molar-refractivity contribution in [3.63, 3.8) is 0 Å². The largest absolute Gasteiger partial charge is 0.477 e. The predicted molar refractivity (Wildman–Crippen MR) is 75.0 cm³/mol. The van der Waals surface area contributed by atoms with E-state index in [9.17, 15) is 4.79 Å². The molecule has 0 spiro atoms. The van der Waals surface area contributed by atoms with E-state index < -0.39 is 5.97 Å². The molecule has 2 unspecified atom stereocenters. The zero-order chi connectivity index (χ0) is 14.1. The van der Waals surface area contributed by atoms with Gasteiger partial charge in [-0.1, -0.05) is 6.42 Å². The molecule has 6 heteroatoms. The number of hydrogen-bond donors (Lipinski definition) is 2. The van der Waals surface area contributed by atoms with Crippen LogP contribution in [0, 0.1) is 6.92 Å². The van der Waals surface area contributed by atoms with Crippen molar-refractivity contribution in [1.82, 2.24) is 14.9 Å². The van der Waals surface area contributed by atoms with E-state index >= 15 is 0 Å². The predicted octanol–water partition coefficient (Wildman–Crippen LogP) is 1.52. The number of anilines is 1. The quantitative estimate of drug-likeness (QED) is 0.871. The number of nitrogens with one attached hydrogen (secondary N) is 1. The molecule has 2 aliphatic rings. The summed E-state index contributed by atoms with van der Waals surface area (Å²) in [5, 5.41) is 12.4. The summed E-state index contributed by atoms with van der Waals surface area (Å²) in [6.45, 7) is 4.08. The van der Waals surface area contributed by atoms with E-state index in [0.29, 0.717) is 23.7 Å². The monoisotopic (exact) mass is 276 g/mol. The van der Waals surface area contributed by atoms with Gasteiger partial charge in [-0.3, -0.25) is 4.90 Å². The molecule has 1 aromatic heterocycles. The van der Waals surface area contributed by atoms with E-state index in [0.717, 1.165) is 13.0 Å². The minimum atomic E-state index is -1.01. The molecule has 2 N–H and O–H groups in total. The molecule has 0 aliphatic carbocycles. The summed E-state index contributed by atoms with van der Waals surface area (Å²) < 4.78 is 0. The van der Waals surface area contributed by atoms with Crippen molar-refractivity contribution >= 4 is 11.9 Å². The van der Waals surface area contributed by atoms with Gasteiger partial charge in [0, 0.05) is 24.3 Å². The maximum atomic E-state index is 11.0. The Kier molecular flexibility index (Phi) is 3.56. The molecular formula is C14H20N4O2. The van der Waals surface area contributed by atoms with Crippen molar-refractivity contribution < 1.29 is 9.90 Å². The van der Waals surface area contributed by atoms with Crippen LogP contribution >= 0.6 is 0 Å². The van der Waals surface area contributed by atoms with Crippen LogP contribution < -0.4 is 5.32 Å². The average molecular weight is 276 g/mol. The second-order valence-electron chi connectivity index (χ2n) is 5.66. The maximum Gasteiger partial charge on any atom is 0.354 e. The zero-order valence-corrected chi connectivity index (χ0v) is 11.7. The Balaban J connectivity index is 1.76. The smallest absolute Gasteiger partial charge is 0.354 e. The van der Waals surface area contributed by atoms with Gasteiger partial charge in [-0.25, -0.2) is 14.8 Å². The number of hydrogen-bond acceptors (Lipinski definition) is 5. The molecule has 0 radical (unpaired) electrons. The number of aryl methyl sites for hydroxylation is 1. The molecule has 3 rings (SSSR count). The number of piperidine rings is 1. The molecule has 2 atom stereocenters. The molecule has 20 heavy (non-hydrogen) atoms. The first-order valence-corrected chi connectivity index (χ1v) is 7.23. The van der Waals surface area contributed by atoms with E-state index in [-0.39, 0.29) is 5.69 Å². The summed E-state index contributed by atoms with van der Waals surface area (Å²) >= 11 is 0. The SMILES string of the molecule is Cc1cc(C(=O)O)nc(NC2CCN3CCCCC23)n1. The molecular weight excluding hydrogens is 256 g/mol. The van der Waals surface area contributed by atoms with Crippen LogP contribution in [0.2, 0.25) is 0 Å². The number of carboxylic acid groups (broad SMARTS) is 1. The number of fused-ring (bicyclic) bond motifs is 1. The number of aromatic carboxylic acids is 1. The lowest BCUT2D eigenvalue weighted by Crippen LogP contribution is -2.42. The first-order valence-electron chi connectivity index (χ1n) is 7.23. The van der Waals surface area contributed by atoms with E-state index in [2.05, 4.69) is 20.2 Å². The highest BCUT2D eigenvalue weighted by Gasteiger charge is 2.35. The van der Waals surface area contributed by atoms with E-state index in [1.165, 1.54) is 31.9 Å². The zero-order valence-electron chi connectivity index (χ0n) is 11.7. The number of carboxylic acids is 1. The molecule has 6 nitrogen and oxygen atoms in total. The van der Waals surface area contributed by atoms with Gasteiger partial charge in [0.15, 0.2) is 5.69 Å². The highest BCUT2D eigenvalue weighted by atomic mass is 16.4. The molecule has 2 aliphatic heterocycles. The van der Waals surface area contributed by atoms with Crippen molar-refractivity contribution in [2.24, 2.45) is 0 Å². The fraction of sp³-hybridized carbons (Fsp3) is 0.643. The first kappa shape index (κ1) is 13.3. The van der Waals surface area contributed by atoms with Crippen LogP contribution in [0.3, 0.4) is 0 Å². The van der Waals surface area contributed by atoms with Gasteiger partial charge in [0.25, 0.3) is 0 Å². The summed E-state index contributed by atoms with van der Waals surface area (Å²) in [4.78, 5) is 22.0. The summed E-state index contributed by atoms with van der Waals surface area (Å²) in [6, 6.07) is 2.37. The van der Waals surface area contributed by atoms with Crippen molar-refractivity contribution in [3.8, 4) is 0 Å². The lowest BCUT2D eigenvalue weighted by Gasteiger charge is -2.32. The van der Waals surface area contributed by atoms with Gasteiger partial charge in [-0.15, -0.1) is 0 Å². The van der Waals surface area contributed by atoms with Crippen LogP contribution in [-0.2, 0) is 0 Å². The Bertz CT molecular complexity index is 520. The fourth-order valence-electron chi connectivity index (χ4n) is 3.32. The molecule has 0 amide bonds. The van der Waals surface area contributed by atoms with E-state index in [4.69, 9.17) is 5.11 Å². The Morgan fingerprint density at radius 2 is 2.20 bits per heavy atom. The number of rotatable bonds is 3. The topological polar surface area (TPSA) is 78.3 Å². The van der Waals surface area contributed by atoms with E-state index in [1.807, 2.05) is 0 Å². The van der Waals surface area contributed by atoms with Gasteiger partial charge < -0.3 is 10.4 Å². The second-order valence-corrected chi connectivity index (χ2v) is 5.66. The summed E-state index contributed by atoms with van der Waals surface area (Å²) in [6.07, 6.45) is 4.83. The third-order valence-electron chi connectivity index (χ3n) is 4.24. The third-order valence-corrected chi connectivity index (χ3v) is 4.24. The minimum Gasteiger partial charge on any atom is -0.477 e. The molecule has 0 aromatic carbocycles. The Morgan fingerprint density at radius 3 is 3.00 bits per heavy atom. The lowest BCUT2D eigenvalue weighted by molar-refractivity contribution is 0.0690. The Hall–Kier alpha value is -1.69. The number of carbonyl (C=O) groups is 1. The van der Waals surface area contributed by atoms with Gasteiger partial charge in [-0.2, -0.15) is 0 Å². The van der Waals surface area contributed by atoms with Crippen LogP contribution in [0.25, 0.3) is 0 Å². The molecule has 2 saturated heterocycles. The molecule has 0 saturated carbocycles. The average Bonchev–Trinajstić information content (AvgIpc) is 2.82. The molecule has 2 fully saturated rings. The van der Waals surface area contributed by atoms with Gasteiger partial charge in [0.2, 0.25) is 5.95 Å². The molecule has 108 valence electrons. The van der Waals surface area contributed by atoms with Crippen LogP contribution in [0.1, 0.15) is 41.9 Å². The molecule has 3 heterocycles. The van der Waals surface area contributed by atoms with Crippen molar-refractivity contribution in [1.29, 1.82) is 0 Å². The number of aromatic nitrogens is 2. The molecule has 1 aromatic rings. The van der Waals surface area contributed by atoms with Gasteiger partial charge in [0.1, 0.15) is 0 Å². The summed E-state index contributed by atoms with van der Waals surface area (Å²) in [5.74, 6) is -0.566. The van der Waals surface area contributed by atoms with Gasteiger partial charge in [0.05, 0.1) is 0 Å². The van der Waals surface area contributed by atoms with Gasteiger partial charge in [-0.05, 0) is 38.8 Å². The standard InChI is InChI=1S/C14H20N4O2/c1-9-8-11(13(19)20)17-14(15-9)16-10-5-7-18-6-3-2-4-12(10)18/h8,10,12H,2-7H2,1H3,(H,19,20)(H,15,16,17). The highest BCUT2D eigenvalue weighted by Crippen LogP contribution is 2.28. The van der Waals surface area contributed by atoms with Crippen LogP contribution in [0.5, 0.6) is 0 Å². The normalized spacial score (nSPS) is 26.2. The molecule has 0 bridgehead atoms. The summed E-state index contributed by atoms with van der Waals surface area (Å²) in [7, 11) is 0.